The number of ether oxygens (including phenoxy) is 1. The molecule has 0 bridgehead atoms. The monoisotopic (exact) mass is 471 g/mol. The highest BCUT2D eigenvalue weighted by atomic mass is 19.1. The Bertz CT molecular complexity index is 1110. The van der Waals surface area contributed by atoms with Gasteiger partial charge in [0, 0.05) is 11.8 Å². The lowest BCUT2D eigenvalue weighted by atomic mass is 9.76. The lowest BCUT2D eigenvalue weighted by Gasteiger charge is -2.30. The maximum absolute atomic E-state index is 15.3. The Hall–Kier alpha value is -2.94. The summed E-state index contributed by atoms with van der Waals surface area (Å²) in [7, 11) is 0. The zero-order chi connectivity index (χ0) is 24.6. The Morgan fingerprint density at radius 3 is 2.76 bits per heavy atom. The predicted molar refractivity (Wildman–Crippen MR) is 127 cm³/mol. The first-order valence-corrected chi connectivity index (χ1v) is 12.0. The Kier molecular flexibility index (Phi) is 6.66. The van der Waals surface area contributed by atoms with Crippen LogP contribution in [0.15, 0.2) is 12.1 Å². The fourth-order valence-corrected chi connectivity index (χ4v) is 5.24. The molecule has 2 atom stereocenters. The van der Waals surface area contributed by atoms with Gasteiger partial charge in [-0.25, -0.2) is 9.07 Å². The van der Waals surface area contributed by atoms with Gasteiger partial charge in [0.2, 0.25) is 0 Å². The number of rotatable bonds is 7. The van der Waals surface area contributed by atoms with Crippen LogP contribution in [0.3, 0.4) is 0 Å². The maximum Gasteiger partial charge on any atom is 0.320 e. The number of nitrogens with two attached hydrogens (primary N) is 2. The van der Waals surface area contributed by atoms with Crippen LogP contribution in [0, 0.1) is 11.2 Å². The molecular weight excluding hydrogens is 437 g/mol. The molecule has 8 nitrogen and oxygen atoms in total. The third-order valence-electron chi connectivity index (χ3n) is 7.01. The molecule has 1 saturated carbocycles. The number of halogens is 1. The molecular formula is C25H34FN5O3. The average molecular weight is 472 g/mol. The number of carbonyl (C=O) groups is 2. The van der Waals surface area contributed by atoms with Crippen molar-refractivity contribution in [2.75, 3.05) is 11.9 Å². The van der Waals surface area contributed by atoms with Crippen LogP contribution in [-0.4, -0.2) is 40.3 Å². The number of aryl methyl sites for hydroxylation is 1. The molecule has 184 valence electrons. The van der Waals surface area contributed by atoms with Crippen LogP contribution in [0.5, 0.6) is 0 Å². The Balaban J connectivity index is 1.75. The van der Waals surface area contributed by atoms with Crippen molar-refractivity contribution in [3.8, 4) is 5.69 Å². The molecule has 1 heterocycles. The highest BCUT2D eigenvalue weighted by Gasteiger charge is 2.33. The highest BCUT2D eigenvalue weighted by Crippen LogP contribution is 2.38. The molecule has 0 radical (unpaired) electrons. The molecule has 1 amide bonds. The smallest absolute Gasteiger partial charge is 0.320 e. The van der Waals surface area contributed by atoms with Gasteiger partial charge in [-0.3, -0.25) is 9.59 Å². The minimum atomic E-state index is -0.863. The van der Waals surface area contributed by atoms with Crippen LogP contribution in [-0.2, 0) is 28.8 Å². The van der Waals surface area contributed by atoms with Crippen molar-refractivity contribution >= 4 is 17.6 Å². The summed E-state index contributed by atoms with van der Waals surface area (Å²) in [5.74, 6) is -2.07. The summed E-state index contributed by atoms with van der Waals surface area (Å²) >= 11 is 0. The number of primary amides is 1. The van der Waals surface area contributed by atoms with Crippen LogP contribution >= 0.6 is 0 Å². The third-order valence-corrected chi connectivity index (χ3v) is 7.01. The largest absolute Gasteiger partial charge is 0.459 e. The zero-order valence-electron chi connectivity index (χ0n) is 20.1. The minimum absolute atomic E-state index is 0.118. The summed E-state index contributed by atoms with van der Waals surface area (Å²) in [6.07, 6.45) is 5.43. The van der Waals surface area contributed by atoms with Gasteiger partial charge in [-0.15, -0.1) is 0 Å². The second kappa shape index (κ2) is 9.37. The first-order chi connectivity index (χ1) is 16.1. The van der Waals surface area contributed by atoms with Crippen molar-refractivity contribution in [3.63, 3.8) is 0 Å². The fraction of sp³-hybridized carbons (Fsp3) is 0.560. The number of benzene rings is 1. The Morgan fingerprint density at radius 2 is 2.09 bits per heavy atom. The topological polar surface area (TPSA) is 125 Å². The van der Waals surface area contributed by atoms with E-state index in [2.05, 4.69) is 26.1 Å². The van der Waals surface area contributed by atoms with E-state index in [1.54, 1.807) is 6.07 Å². The third kappa shape index (κ3) is 4.66. The number of carbonyl (C=O) groups excluding carboxylic acids is 2. The van der Waals surface area contributed by atoms with Gasteiger partial charge in [0.1, 0.15) is 11.9 Å². The zero-order valence-corrected chi connectivity index (χ0v) is 20.1. The number of nitrogens with one attached hydrogen (secondary N) is 1. The van der Waals surface area contributed by atoms with E-state index in [4.69, 9.17) is 21.3 Å². The molecule has 0 aliphatic heterocycles. The second-order valence-electron chi connectivity index (χ2n) is 10.1. The normalized spacial score (nSPS) is 21.2. The summed E-state index contributed by atoms with van der Waals surface area (Å²) in [6, 6.07) is 2.76. The standard InChI is InChI=1S/C25H34FN5O3/c1-4-17-15-8-9-25(2,3)12-20(15)31(30-17)14-10-16(26)23(24(28)33)19(11-14)29-18-6-5-7-21(18)34-22(32)13-27/h10-11,18,21,29H,4-9,12-13,27H2,1-3H3,(H2,28,33). The molecule has 2 unspecified atom stereocenters. The van der Waals surface area contributed by atoms with E-state index in [1.807, 2.05) is 4.68 Å². The number of hydrogen-bond donors (Lipinski definition) is 3. The molecule has 0 saturated heterocycles. The highest BCUT2D eigenvalue weighted by molar-refractivity contribution is 5.99. The summed E-state index contributed by atoms with van der Waals surface area (Å²) in [5, 5.41) is 8.06. The summed E-state index contributed by atoms with van der Waals surface area (Å²) in [4.78, 5) is 23.9. The van der Waals surface area contributed by atoms with Crippen LogP contribution < -0.4 is 16.8 Å². The molecule has 1 aromatic carbocycles. The number of aromatic nitrogens is 2. The van der Waals surface area contributed by atoms with Crippen molar-refractivity contribution in [1.29, 1.82) is 0 Å². The van der Waals surface area contributed by atoms with Crippen molar-refractivity contribution < 1.29 is 18.7 Å². The first kappa shape index (κ1) is 24.2. The van der Waals surface area contributed by atoms with Crippen LogP contribution in [0.1, 0.15) is 73.8 Å². The SMILES string of the molecule is CCc1nn(-c2cc(F)c(C(N)=O)c(NC3CCCC3OC(=O)CN)c2)c2c1CCC(C)(C)C2. The Morgan fingerprint density at radius 1 is 1.32 bits per heavy atom. The Labute approximate surface area is 199 Å². The van der Waals surface area contributed by atoms with E-state index in [-0.39, 0.29) is 29.3 Å². The number of anilines is 1. The second-order valence-corrected chi connectivity index (χ2v) is 10.1. The lowest BCUT2D eigenvalue weighted by Crippen LogP contribution is -2.35. The number of hydrogen-bond acceptors (Lipinski definition) is 6. The van der Waals surface area contributed by atoms with Gasteiger partial charge in [-0.1, -0.05) is 20.8 Å². The van der Waals surface area contributed by atoms with Crippen molar-refractivity contribution in [2.24, 2.45) is 16.9 Å². The molecule has 9 heteroatoms. The van der Waals surface area contributed by atoms with Crippen LogP contribution in [0.25, 0.3) is 5.69 Å². The summed E-state index contributed by atoms with van der Waals surface area (Å²) in [5.41, 5.74) is 15.0. The number of fused-ring (bicyclic) bond motifs is 1. The fourth-order valence-electron chi connectivity index (χ4n) is 5.24. The van der Waals surface area contributed by atoms with E-state index >= 15 is 4.39 Å². The van der Waals surface area contributed by atoms with E-state index < -0.39 is 23.8 Å². The van der Waals surface area contributed by atoms with Gasteiger partial charge >= 0.3 is 5.97 Å². The van der Waals surface area contributed by atoms with E-state index in [0.717, 1.165) is 43.5 Å². The van der Waals surface area contributed by atoms with E-state index in [1.165, 1.54) is 11.6 Å². The van der Waals surface area contributed by atoms with Gasteiger partial charge in [-0.05, 0) is 62.0 Å². The van der Waals surface area contributed by atoms with Gasteiger partial charge < -0.3 is 21.5 Å². The predicted octanol–water partition coefficient (Wildman–Crippen LogP) is 3.02. The van der Waals surface area contributed by atoms with Crippen molar-refractivity contribution in [1.82, 2.24) is 9.78 Å². The molecule has 2 aliphatic carbocycles. The lowest BCUT2D eigenvalue weighted by molar-refractivity contribution is -0.147. The number of nitrogens with zero attached hydrogens (tertiary/aromatic N) is 2. The van der Waals surface area contributed by atoms with E-state index in [0.29, 0.717) is 18.5 Å². The minimum Gasteiger partial charge on any atom is -0.459 e. The number of esters is 1. The van der Waals surface area contributed by atoms with Gasteiger partial charge in [0.25, 0.3) is 5.91 Å². The first-order valence-electron chi connectivity index (χ1n) is 12.0. The molecule has 1 aromatic heterocycles. The quantitative estimate of drug-likeness (QED) is 0.533. The molecule has 0 spiro atoms. The number of amides is 1. The maximum atomic E-state index is 15.3. The molecule has 2 aliphatic rings. The van der Waals surface area contributed by atoms with Crippen molar-refractivity contribution in [3.05, 3.63) is 40.5 Å². The molecule has 34 heavy (non-hydrogen) atoms. The van der Waals surface area contributed by atoms with Gasteiger partial charge in [0.05, 0.1) is 35.2 Å². The van der Waals surface area contributed by atoms with Gasteiger partial charge in [0.15, 0.2) is 0 Å². The molecule has 4 rings (SSSR count). The van der Waals surface area contributed by atoms with Crippen LogP contribution in [0.2, 0.25) is 0 Å². The molecule has 5 N–H and O–H groups in total. The molecule has 1 fully saturated rings. The summed E-state index contributed by atoms with van der Waals surface area (Å²) < 4.78 is 22.5. The molecule has 2 aromatic rings. The van der Waals surface area contributed by atoms with Crippen molar-refractivity contribution in [2.45, 2.75) is 77.9 Å². The summed E-state index contributed by atoms with van der Waals surface area (Å²) in [6.45, 7) is 6.32. The van der Waals surface area contributed by atoms with Gasteiger partial charge in [-0.2, -0.15) is 5.10 Å². The average Bonchev–Trinajstić information content (AvgIpc) is 3.35. The van der Waals surface area contributed by atoms with Crippen LogP contribution in [0.4, 0.5) is 10.1 Å². The van der Waals surface area contributed by atoms with E-state index in [9.17, 15) is 9.59 Å².